The van der Waals surface area contributed by atoms with Gasteiger partial charge in [-0.15, -0.1) is 0 Å². The van der Waals surface area contributed by atoms with Crippen LogP contribution in [-0.2, 0) is 9.53 Å². The van der Waals surface area contributed by atoms with Crippen molar-refractivity contribution in [2.24, 2.45) is 0 Å². The lowest BCUT2D eigenvalue weighted by molar-refractivity contribution is -0.144. The van der Waals surface area contributed by atoms with Gasteiger partial charge >= 0.3 is 5.97 Å². The summed E-state index contributed by atoms with van der Waals surface area (Å²) in [7, 11) is 1.17. The van der Waals surface area contributed by atoms with Gasteiger partial charge < -0.3 is 9.84 Å². The average Bonchev–Trinajstić information content (AvgIpc) is 2.36. The molecule has 17 heavy (non-hydrogen) atoms. The van der Waals surface area contributed by atoms with Crippen LogP contribution >= 0.6 is 23.2 Å². The molecule has 0 radical (unpaired) electrons. The lowest BCUT2D eigenvalue weighted by atomic mass is 9.93. The summed E-state index contributed by atoms with van der Waals surface area (Å²) in [6.45, 7) is 1.74. The molecule has 1 N–H and O–H groups in total. The Labute approximate surface area is 110 Å². The molecule has 2 unspecified atom stereocenters. The van der Waals surface area contributed by atoms with Gasteiger partial charge in [-0.1, -0.05) is 60.5 Å². The van der Waals surface area contributed by atoms with Crippen LogP contribution in [0.1, 0.15) is 18.4 Å². The number of hydrogen-bond donors (Lipinski definition) is 1. The van der Waals surface area contributed by atoms with E-state index < -0.39 is 16.4 Å². The van der Waals surface area contributed by atoms with Gasteiger partial charge in [0.1, 0.15) is 6.10 Å². The Bertz CT molecular complexity index is 379. The van der Waals surface area contributed by atoms with Crippen LogP contribution in [0, 0.1) is 0 Å². The van der Waals surface area contributed by atoms with Gasteiger partial charge in [0.05, 0.1) is 7.11 Å². The lowest BCUT2D eigenvalue weighted by Gasteiger charge is -2.28. The third-order valence-corrected chi connectivity index (χ3v) is 3.38. The van der Waals surface area contributed by atoms with Gasteiger partial charge in [-0.2, -0.15) is 0 Å². The second kappa shape index (κ2) is 5.71. The molecule has 2 atom stereocenters. The molecule has 0 aliphatic rings. The van der Waals surface area contributed by atoms with E-state index >= 15 is 0 Å². The number of hydrogen-bond acceptors (Lipinski definition) is 3. The Kier molecular flexibility index (Phi) is 4.80. The summed E-state index contributed by atoms with van der Waals surface area (Å²) >= 11 is 11.6. The summed E-state index contributed by atoms with van der Waals surface area (Å²) in [5.41, 5.74) is 0.842. The highest BCUT2D eigenvalue weighted by Crippen LogP contribution is 2.35. The third kappa shape index (κ3) is 3.12. The van der Waals surface area contributed by atoms with Gasteiger partial charge in [0.25, 0.3) is 0 Å². The van der Waals surface area contributed by atoms with Crippen molar-refractivity contribution < 1.29 is 14.6 Å². The molecular weight excluding hydrogens is 263 g/mol. The normalized spacial score (nSPS) is 15.1. The summed E-state index contributed by atoms with van der Waals surface area (Å²) in [5, 5.41) is 10.0. The monoisotopic (exact) mass is 276 g/mol. The number of esters is 1. The van der Waals surface area contributed by atoms with Crippen molar-refractivity contribution >= 4 is 29.2 Å². The fraction of sp³-hybridized carbons (Fsp3) is 0.417. The van der Waals surface area contributed by atoms with Gasteiger partial charge in [0.15, 0.2) is 0 Å². The van der Waals surface area contributed by atoms with Gasteiger partial charge in [-0.3, -0.25) is 0 Å². The van der Waals surface area contributed by atoms with Crippen LogP contribution in [0.4, 0.5) is 0 Å². The molecule has 0 saturated carbocycles. The summed E-state index contributed by atoms with van der Waals surface area (Å²) in [6.07, 6.45) is -1.25. The fourth-order valence-corrected chi connectivity index (χ4v) is 2.04. The fourth-order valence-electron chi connectivity index (χ4n) is 1.51. The molecule has 0 aromatic heterocycles. The first-order valence-electron chi connectivity index (χ1n) is 5.10. The molecule has 3 nitrogen and oxygen atoms in total. The molecule has 0 amide bonds. The number of ether oxygens (including phenoxy) is 1. The highest BCUT2D eigenvalue weighted by molar-refractivity contribution is 6.58. The maximum absolute atomic E-state index is 11.4. The number of methoxy groups -OCH3 is 1. The first-order chi connectivity index (χ1) is 7.91. The standard InChI is InChI=1S/C12H14Cl2O3/c1-8(9-6-4-3-5-7-9)10(15)12(13,14)11(16)17-2/h3-8,10,15H,1-2H3. The number of carbonyl (C=O) groups excluding carboxylic acids is 1. The van der Waals surface area contributed by atoms with Crippen molar-refractivity contribution in [3.8, 4) is 0 Å². The van der Waals surface area contributed by atoms with E-state index in [1.165, 1.54) is 7.11 Å². The van der Waals surface area contributed by atoms with Gasteiger partial charge in [0, 0.05) is 5.92 Å². The number of aliphatic hydroxyl groups excluding tert-OH is 1. The first-order valence-corrected chi connectivity index (χ1v) is 5.86. The summed E-state index contributed by atoms with van der Waals surface area (Å²) in [4.78, 5) is 11.4. The first kappa shape index (κ1) is 14.3. The molecule has 1 aromatic rings. The Morgan fingerprint density at radius 3 is 2.35 bits per heavy atom. The summed E-state index contributed by atoms with van der Waals surface area (Å²) < 4.78 is 2.49. The Balaban J connectivity index is 2.90. The highest BCUT2D eigenvalue weighted by Gasteiger charge is 2.45. The van der Waals surface area contributed by atoms with E-state index in [1.807, 2.05) is 30.3 Å². The largest absolute Gasteiger partial charge is 0.467 e. The van der Waals surface area contributed by atoms with Crippen molar-refractivity contribution in [1.82, 2.24) is 0 Å². The minimum atomic E-state index is -1.97. The van der Waals surface area contributed by atoms with Crippen LogP contribution < -0.4 is 0 Å². The highest BCUT2D eigenvalue weighted by atomic mass is 35.5. The van der Waals surface area contributed by atoms with Crippen LogP contribution in [0.25, 0.3) is 0 Å². The van der Waals surface area contributed by atoms with E-state index in [2.05, 4.69) is 4.74 Å². The molecule has 0 spiro atoms. The second-order valence-electron chi connectivity index (χ2n) is 3.76. The predicted molar refractivity (Wildman–Crippen MR) is 67.3 cm³/mol. The van der Waals surface area contributed by atoms with E-state index in [4.69, 9.17) is 23.2 Å². The third-order valence-electron chi connectivity index (χ3n) is 2.63. The second-order valence-corrected chi connectivity index (χ2v) is 5.14. The van der Waals surface area contributed by atoms with Gasteiger partial charge in [-0.25, -0.2) is 4.79 Å². The van der Waals surface area contributed by atoms with Crippen LogP contribution in [-0.4, -0.2) is 28.6 Å². The minimum Gasteiger partial charge on any atom is -0.467 e. The van der Waals surface area contributed by atoms with E-state index in [1.54, 1.807) is 6.92 Å². The maximum Gasteiger partial charge on any atom is 0.345 e. The maximum atomic E-state index is 11.4. The van der Waals surface area contributed by atoms with Crippen molar-refractivity contribution in [3.63, 3.8) is 0 Å². The molecule has 0 fully saturated rings. The zero-order valence-electron chi connectivity index (χ0n) is 9.56. The van der Waals surface area contributed by atoms with E-state index in [-0.39, 0.29) is 5.92 Å². The number of rotatable bonds is 4. The lowest BCUT2D eigenvalue weighted by Crippen LogP contribution is -2.43. The zero-order valence-corrected chi connectivity index (χ0v) is 11.1. The van der Waals surface area contributed by atoms with E-state index in [9.17, 15) is 9.90 Å². The van der Waals surface area contributed by atoms with Gasteiger partial charge in [0.2, 0.25) is 4.33 Å². The van der Waals surface area contributed by atoms with E-state index in [0.29, 0.717) is 0 Å². The summed E-state index contributed by atoms with van der Waals surface area (Å²) in [6, 6.07) is 9.18. The van der Waals surface area contributed by atoms with Crippen LogP contribution in [0.2, 0.25) is 0 Å². The summed E-state index contributed by atoms with van der Waals surface area (Å²) in [5.74, 6) is -1.25. The number of alkyl halides is 2. The van der Waals surface area contributed by atoms with Crippen molar-refractivity contribution in [2.45, 2.75) is 23.3 Å². The van der Waals surface area contributed by atoms with E-state index in [0.717, 1.165) is 5.56 Å². The van der Waals surface area contributed by atoms with Crippen LogP contribution in [0.5, 0.6) is 0 Å². The molecule has 1 aromatic carbocycles. The van der Waals surface area contributed by atoms with Crippen LogP contribution in [0.15, 0.2) is 30.3 Å². The molecule has 0 saturated heterocycles. The van der Waals surface area contributed by atoms with Crippen molar-refractivity contribution in [3.05, 3.63) is 35.9 Å². The van der Waals surface area contributed by atoms with Crippen molar-refractivity contribution in [2.75, 3.05) is 7.11 Å². The molecule has 5 heteroatoms. The minimum absolute atomic E-state index is 0.384. The van der Waals surface area contributed by atoms with Gasteiger partial charge in [-0.05, 0) is 5.56 Å². The average molecular weight is 277 g/mol. The Morgan fingerprint density at radius 2 is 1.88 bits per heavy atom. The molecule has 94 valence electrons. The Morgan fingerprint density at radius 1 is 1.35 bits per heavy atom. The van der Waals surface area contributed by atoms with Crippen molar-refractivity contribution in [1.29, 1.82) is 0 Å². The molecular formula is C12H14Cl2O3. The number of halogens is 2. The zero-order chi connectivity index (χ0) is 13.1. The van der Waals surface area contributed by atoms with Crippen LogP contribution in [0.3, 0.4) is 0 Å². The smallest absolute Gasteiger partial charge is 0.345 e. The predicted octanol–water partition coefficient (Wildman–Crippen LogP) is 2.50. The quantitative estimate of drug-likeness (QED) is 0.679. The molecule has 0 aliphatic heterocycles. The molecule has 0 bridgehead atoms. The molecule has 0 heterocycles. The Hall–Kier alpha value is -0.770. The number of benzene rings is 1. The number of carbonyl (C=O) groups is 1. The topological polar surface area (TPSA) is 46.5 Å². The SMILES string of the molecule is COC(=O)C(Cl)(Cl)C(O)C(C)c1ccccc1. The number of aliphatic hydroxyl groups is 1. The molecule has 0 aliphatic carbocycles. The molecule has 1 rings (SSSR count).